The smallest absolute Gasteiger partial charge is 0.127 e. The molecule has 0 amide bonds. The van der Waals surface area contributed by atoms with Gasteiger partial charge >= 0.3 is 0 Å². The summed E-state index contributed by atoms with van der Waals surface area (Å²) in [6.45, 7) is 2.05. The van der Waals surface area contributed by atoms with Crippen LogP contribution in [0.2, 0.25) is 5.02 Å². The van der Waals surface area contributed by atoms with Gasteiger partial charge in [-0.3, -0.25) is 0 Å². The molecule has 0 radical (unpaired) electrons. The molecule has 0 aliphatic heterocycles. The monoisotopic (exact) mass is 258 g/mol. The number of rotatable bonds is 4. The van der Waals surface area contributed by atoms with Gasteiger partial charge in [-0.05, 0) is 30.5 Å². The molecule has 1 nitrogen and oxygen atoms in total. The highest BCUT2D eigenvalue weighted by atomic mass is 35.5. The Hall–Kier alpha value is -1.60. The normalized spacial score (nSPS) is 12.1. The van der Waals surface area contributed by atoms with Crippen molar-refractivity contribution >= 4 is 17.9 Å². The van der Waals surface area contributed by atoms with Gasteiger partial charge in [0.25, 0.3) is 0 Å². The first-order valence-electron chi connectivity index (χ1n) is 5.96. The van der Waals surface area contributed by atoms with E-state index in [0.717, 1.165) is 17.4 Å². The summed E-state index contributed by atoms with van der Waals surface area (Å²) in [4.78, 5) is 11.3. The Morgan fingerprint density at radius 3 is 2.39 bits per heavy atom. The van der Waals surface area contributed by atoms with E-state index >= 15 is 0 Å². The lowest BCUT2D eigenvalue weighted by molar-refractivity contribution is -0.109. The number of aryl methyl sites for hydroxylation is 1. The minimum atomic E-state index is -0.179. The van der Waals surface area contributed by atoms with Crippen LogP contribution in [0.15, 0.2) is 48.5 Å². The zero-order valence-electron chi connectivity index (χ0n) is 10.3. The first kappa shape index (κ1) is 12.8. The number of halogens is 1. The molecule has 0 fully saturated rings. The van der Waals surface area contributed by atoms with Gasteiger partial charge in [-0.15, -0.1) is 0 Å². The molecule has 0 heterocycles. The van der Waals surface area contributed by atoms with E-state index in [4.69, 9.17) is 11.6 Å². The molecular formula is C16H15ClO. The Morgan fingerprint density at radius 2 is 1.78 bits per heavy atom. The summed E-state index contributed by atoms with van der Waals surface area (Å²) in [7, 11) is 0. The van der Waals surface area contributed by atoms with E-state index in [9.17, 15) is 4.79 Å². The minimum absolute atomic E-state index is 0.179. The number of aldehydes is 1. The third kappa shape index (κ3) is 2.99. The number of carbonyl (C=O) groups is 1. The fourth-order valence-electron chi connectivity index (χ4n) is 1.99. The molecule has 0 aliphatic rings. The summed E-state index contributed by atoms with van der Waals surface area (Å²) in [6.07, 6.45) is 1.66. The second kappa shape index (κ2) is 5.83. The van der Waals surface area contributed by atoms with Gasteiger partial charge in [0.15, 0.2) is 0 Å². The van der Waals surface area contributed by atoms with Crippen LogP contribution in [-0.4, -0.2) is 6.29 Å². The molecule has 0 N–H and O–H groups in total. The van der Waals surface area contributed by atoms with Gasteiger partial charge in [-0.25, -0.2) is 0 Å². The first-order chi connectivity index (χ1) is 8.70. The molecule has 0 aliphatic carbocycles. The predicted octanol–water partition coefficient (Wildman–Crippen LogP) is 4.17. The number of carbonyl (C=O) groups excluding carboxylic acids is 1. The van der Waals surface area contributed by atoms with Crippen LogP contribution in [0, 0.1) is 6.92 Å². The highest BCUT2D eigenvalue weighted by Gasteiger charge is 2.14. The molecule has 2 rings (SSSR count). The van der Waals surface area contributed by atoms with Crippen molar-refractivity contribution in [1.82, 2.24) is 0 Å². The lowest BCUT2D eigenvalue weighted by Gasteiger charge is -2.12. The second-order valence-corrected chi connectivity index (χ2v) is 4.86. The Morgan fingerprint density at radius 1 is 1.11 bits per heavy atom. The van der Waals surface area contributed by atoms with Crippen LogP contribution in [-0.2, 0) is 11.2 Å². The molecule has 0 aromatic heterocycles. The van der Waals surface area contributed by atoms with Crippen molar-refractivity contribution in [3.63, 3.8) is 0 Å². The zero-order chi connectivity index (χ0) is 13.0. The Balaban J connectivity index is 2.22. The summed E-state index contributed by atoms with van der Waals surface area (Å²) in [5, 5.41) is 0.654. The average molecular weight is 259 g/mol. The highest BCUT2D eigenvalue weighted by molar-refractivity contribution is 6.31. The van der Waals surface area contributed by atoms with Crippen LogP contribution in [0.1, 0.15) is 22.6 Å². The number of hydrogen-bond acceptors (Lipinski definition) is 1. The average Bonchev–Trinajstić information content (AvgIpc) is 2.39. The van der Waals surface area contributed by atoms with Gasteiger partial charge in [0.1, 0.15) is 6.29 Å². The molecule has 1 unspecified atom stereocenters. The molecule has 92 valence electrons. The number of hydrogen-bond donors (Lipinski definition) is 0. The van der Waals surface area contributed by atoms with Crippen molar-refractivity contribution in [1.29, 1.82) is 0 Å². The second-order valence-electron chi connectivity index (χ2n) is 4.45. The third-order valence-corrected chi connectivity index (χ3v) is 3.39. The summed E-state index contributed by atoms with van der Waals surface area (Å²) >= 11 is 6.13. The molecule has 2 aromatic rings. The van der Waals surface area contributed by atoms with E-state index in [1.165, 1.54) is 5.56 Å². The molecule has 0 spiro atoms. The molecular weight excluding hydrogens is 244 g/mol. The third-order valence-electron chi connectivity index (χ3n) is 3.05. The van der Waals surface area contributed by atoms with Gasteiger partial charge in [0, 0.05) is 10.9 Å². The minimum Gasteiger partial charge on any atom is -0.303 e. The van der Waals surface area contributed by atoms with E-state index in [-0.39, 0.29) is 5.92 Å². The molecule has 18 heavy (non-hydrogen) atoms. The lowest BCUT2D eigenvalue weighted by Crippen LogP contribution is -2.05. The summed E-state index contributed by atoms with van der Waals surface area (Å²) in [6, 6.07) is 15.8. The SMILES string of the molecule is Cc1ccc(CC(C=O)c2ccccc2Cl)cc1. The lowest BCUT2D eigenvalue weighted by atomic mass is 9.93. The summed E-state index contributed by atoms with van der Waals surface area (Å²) < 4.78 is 0. The molecule has 1 atom stereocenters. The molecule has 2 aromatic carbocycles. The van der Waals surface area contributed by atoms with Crippen molar-refractivity contribution in [3.05, 3.63) is 70.2 Å². The van der Waals surface area contributed by atoms with Crippen molar-refractivity contribution in [2.45, 2.75) is 19.3 Å². The van der Waals surface area contributed by atoms with Gasteiger partial charge in [-0.2, -0.15) is 0 Å². The van der Waals surface area contributed by atoms with Crippen molar-refractivity contribution in [2.24, 2.45) is 0 Å². The maximum atomic E-state index is 11.3. The molecule has 0 saturated heterocycles. The fourth-order valence-corrected chi connectivity index (χ4v) is 2.26. The van der Waals surface area contributed by atoms with E-state index in [2.05, 4.69) is 31.2 Å². The predicted molar refractivity (Wildman–Crippen MR) is 75.1 cm³/mol. The van der Waals surface area contributed by atoms with Gasteiger partial charge in [-0.1, -0.05) is 59.6 Å². The van der Waals surface area contributed by atoms with Gasteiger partial charge < -0.3 is 4.79 Å². The Labute approximate surface area is 112 Å². The van der Waals surface area contributed by atoms with Gasteiger partial charge in [0.05, 0.1) is 0 Å². The van der Waals surface area contributed by atoms with Crippen LogP contribution in [0.5, 0.6) is 0 Å². The summed E-state index contributed by atoms with van der Waals surface area (Å²) in [5.74, 6) is -0.179. The van der Waals surface area contributed by atoms with E-state index in [1.807, 2.05) is 24.3 Å². The van der Waals surface area contributed by atoms with E-state index in [1.54, 1.807) is 0 Å². The maximum absolute atomic E-state index is 11.3. The van der Waals surface area contributed by atoms with E-state index in [0.29, 0.717) is 11.4 Å². The topological polar surface area (TPSA) is 17.1 Å². The molecule has 0 saturated carbocycles. The quantitative estimate of drug-likeness (QED) is 0.752. The highest BCUT2D eigenvalue weighted by Crippen LogP contribution is 2.26. The van der Waals surface area contributed by atoms with Crippen LogP contribution in [0.25, 0.3) is 0 Å². The van der Waals surface area contributed by atoms with Gasteiger partial charge in [0.2, 0.25) is 0 Å². The molecule has 0 bridgehead atoms. The molecule has 2 heteroatoms. The summed E-state index contributed by atoms with van der Waals surface area (Å²) in [5.41, 5.74) is 3.27. The van der Waals surface area contributed by atoms with Crippen molar-refractivity contribution in [2.75, 3.05) is 0 Å². The fraction of sp³-hybridized carbons (Fsp3) is 0.188. The van der Waals surface area contributed by atoms with Crippen molar-refractivity contribution < 1.29 is 4.79 Å². The number of benzene rings is 2. The van der Waals surface area contributed by atoms with Crippen molar-refractivity contribution in [3.8, 4) is 0 Å². The van der Waals surface area contributed by atoms with E-state index < -0.39 is 0 Å². The Bertz CT molecular complexity index is 531. The first-order valence-corrected chi connectivity index (χ1v) is 6.34. The van der Waals surface area contributed by atoms with Crippen LogP contribution in [0.4, 0.5) is 0 Å². The zero-order valence-corrected chi connectivity index (χ0v) is 11.0. The van der Waals surface area contributed by atoms with Crippen LogP contribution < -0.4 is 0 Å². The maximum Gasteiger partial charge on any atom is 0.127 e. The van der Waals surface area contributed by atoms with Crippen LogP contribution in [0.3, 0.4) is 0 Å². The Kier molecular flexibility index (Phi) is 4.16. The largest absolute Gasteiger partial charge is 0.303 e. The standard InChI is InChI=1S/C16H15ClO/c1-12-6-8-13(9-7-12)10-14(11-18)15-4-2-3-5-16(15)17/h2-9,11,14H,10H2,1H3. The van der Waals surface area contributed by atoms with Crippen LogP contribution >= 0.6 is 11.6 Å².